The van der Waals surface area contributed by atoms with Crippen molar-refractivity contribution in [1.82, 2.24) is 19.8 Å². The highest BCUT2D eigenvalue weighted by molar-refractivity contribution is 5.88. The van der Waals surface area contributed by atoms with Crippen LogP contribution in [0.4, 0.5) is 4.79 Å². The molecule has 0 radical (unpaired) electrons. The number of nitriles is 1. The molecule has 2 aromatic carbocycles. The maximum Gasteiger partial charge on any atom is 0.419 e. The molecule has 2 amide bonds. The van der Waals surface area contributed by atoms with Crippen molar-refractivity contribution in [2.45, 2.75) is 51.4 Å². The molecule has 0 bridgehead atoms. The molecule has 3 heterocycles. The van der Waals surface area contributed by atoms with Crippen LogP contribution in [-0.4, -0.2) is 63.9 Å². The minimum atomic E-state index is -0.904. The summed E-state index contributed by atoms with van der Waals surface area (Å²) < 4.78 is 17.9. The topological polar surface area (TPSA) is 143 Å². The van der Waals surface area contributed by atoms with Crippen LogP contribution < -0.4 is 11.1 Å². The molecule has 0 saturated carbocycles. The predicted molar refractivity (Wildman–Crippen MR) is 152 cm³/mol. The lowest BCUT2D eigenvalue weighted by Crippen LogP contribution is -2.48. The van der Waals surface area contributed by atoms with E-state index in [9.17, 15) is 19.6 Å². The first-order valence-electron chi connectivity index (χ1n) is 13.5. The SMILES string of the molecule is Cn1c(=O)oc2ccc(-c3ccc4cc(CC(C#N)NC(=O)[C@@H]5CN(C(=O)OC(C)(C)C)CCCO5)[nH]c4c3)cc21. The van der Waals surface area contributed by atoms with Gasteiger partial charge in [-0.1, -0.05) is 18.2 Å². The number of carbonyl (C=O) groups excluding carboxylic acids is 2. The number of hydrogen-bond acceptors (Lipinski definition) is 7. The third-order valence-corrected chi connectivity index (χ3v) is 6.92. The maximum atomic E-state index is 13.1. The number of fused-ring (bicyclic) bond motifs is 2. The van der Waals surface area contributed by atoms with E-state index in [0.717, 1.165) is 27.7 Å². The molecule has 2 aromatic heterocycles. The summed E-state index contributed by atoms with van der Waals surface area (Å²) >= 11 is 0. The summed E-state index contributed by atoms with van der Waals surface area (Å²) in [6, 6.07) is 14.9. The van der Waals surface area contributed by atoms with E-state index in [1.54, 1.807) is 33.9 Å². The number of H-pyrrole nitrogens is 1. The van der Waals surface area contributed by atoms with E-state index >= 15 is 0 Å². The first-order valence-corrected chi connectivity index (χ1v) is 13.5. The highest BCUT2D eigenvalue weighted by Gasteiger charge is 2.31. The van der Waals surface area contributed by atoms with Gasteiger partial charge in [0.25, 0.3) is 5.91 Å². The fourth-order valence-corrected chi connectivity index (χ4v) is 4.87. The fourth-order valence-electron chi connectivity index (χ4n) is 4.87. The molecule has 0 spiro atoms. The van der Waals surface area contributed by atoms with Gasteiger partial charge in [0.05, 0.1) is 18.1 Å². The summed E-state index contributed by atoms with van der Waals surface area (Å²) in [7, 11) is 1.67. The average molecular weight is 560 g/mol. The van der Waals surface area contributed by atoms with Crippen LogP contribution in [0.1, 0.15) is 32.9 Å². The molecule has 11 heteroatoms. The Bertz CT molecular complexity index is 1700. The maximum absolute atomic E-state index is 13.1. The number of aromatic nitrogens is 2. The highest BCUT2D eigenvalue weighted by atomic mass is 16.6. The average Bonchev–Trinajstić information content (AvgIpc) is 3.33. The Morgan fingerprint density at radius 1 is 1.20 bits per heavy atom. The third-order valence-electron chi connectivity index (χ3n) is 6.92. The number of oxazole rings is 1. The highest BCUT2D eigenvalue weighted by Crippen LogP contribution is 2.28. The van der Waals surface area contributed by atoms with E-state index in [1.165, 1.54) is 9.47 Å². The zero-order chi connectivity index (χ0) is 29.3. The molecule has 41 heavy (non-hydrogen) atoms. The number of aryl methyl sites for hydroxylation is 1. The second-order valence-electron chi connectivity index (χ2n) is 11.2. The van der Waals surface area contributed by atoms with E-state index in [-0.39, 0.29) is 13.0 Å². The van der Waals surface area contributed by atoms with Crippen molar-refractivity contribution in [2.75, 3.05) is 19.7 Å². The molecule has 1 fully saturated rings. The Morgan fingerprint density at radius 3 is 2.71 bits per heavy atom. The summed E-state index contributed by atoms with van der Waals surface area (Å²) in [4.78, 5) is 42.3. The van der Waals surface area contributed by atoms with E-state index in [4.69, 9.17) is 13.9 Å². The number of rotatable bonds is 5. The molecule has 1 unspecified atom stereocenters. The van der Waals surface area contributed by atoms with Gasteiger partial charge in [-0.2, -0.15) is 5.26 Å². The normalized spacial score (nSPS) is 16.8. The molecular formula is C30H33N5O6. The molecule has 2 atom stereocenters. The number of amides is 2. The Balaban J connectivity index is 1.27. The lowest BCUT2D eigenvalue weighted by Gasteiger charge is -2.27. The fraction of sp³-hybridized carbons (Fsp3) is 0.400. The number of carbonyl (C=O) groups is 2. The van der Waals surface area contributed by atoms with Gasteiger partial charge in [0.2, 0.25) is 0 Å². The summed E-state index contributed by atoms with van der Waals surface area (Å²) in [5, 5.41) is 13.5. The van der Waals surface area contributed by atoms with Crippen molar-refractivity contribution in [1.29, 1.82) is 5.26 Å². The smallest absolute Gasteiger partial charge is 0.419 e. The molecule has 1 saturated heterocycles. The molecule has 1 aliphatic rings. The van der Waals surface area contributed by atoms with E-state index in [0.29, 0.717) is 30.7 Å². The first-order chi connectivity index (χ1) is 19.5. The van der Waals surface area contributed by atoms with Crippen molar-refractivity contribution in [3.8, 4) is 17.2 Å². The molecule has 4 aromatic rings. The summed E-state index contributed by atoms with van der Waals surface area (Å²) in [5.41, 5.74) is 4.13. The quantitative estimate of drug-likeness (QED) is 0.378. The molecule has 5 rings (SSSR count). The second kappa shape index (κ2) is 11.1. The van der Waals surface area contributed by atoms with Gasteiger partial charge in [0.1, 0.15) is 11.6 Å². The van der Waals surface area contributed by atoms with Crippen LogP contribution in [0.5, 0.6) is 0 Å². The zero-order valence-electron chi connectivity index (χ0n) is 23.5. The molecule has 214 valence electrons. The predicted octanol–water partition coefficient (Wildman–Crippen LogP) is 3.86. The molecule has 2 N–H and O–H groups in total. The van der Waals surface area contributed by atoms with Gasteiger partial charge in [-0.3, -0.25) is 9.36 Å². The van der Waals surface area contributed by atoms with E-state index in [2.05, 4.69) is 16.4 Å². The first kappa shape index (κ1) is 28.0. The summed E-state index contributed by atoms with van der Waals surface area (Å²) in [6.07, 6.45) is -0.560. The number of nitrogens with one attached hydrogen (secondary N) is 2. The Kier molecular flexibility index (Phi) is 7.60. The summed E-state index contributed by atoms with van der Waals surface area (Å²) in [5.74, 6) is -0.860. The monoisotopic (exact) mass is 559 g/mol. The standard InChI is InChI=1S/C30H33N5O6/c1-30(2,3)41-29(38)35-10-5-11-39-26(17-35)27(36)33-22(16-31)15-21-12-20-7-6-18(13-23(20)32-21)19-8-9-25-24(14-19)34(4)28(37)40-25/h6-9,12-14,22,26,32H,5,10-11,15,17H2,1-4H3,(H,33,36)/t22?,26-/m0/s1. The Morgan fingerprint density at radius 2 is 1.95 bits per heavy atom. The molecular weight excluding hydrogens is 526 g/mol. The van der Waals surface area contributed by atoms with Gasteiger partial charge in [0.15, 0.2) is 11.7 Å². The molecule has 11 nitrogen and oxygen atoms in total. The van der Waals surface area contributed by atoms with Crippen LogP contribution in [0, 0.1) is 11.3 Å². The molecule has 0 aliphatic carbocycles. The number of nitrogens with zero attached hydrogens (tertiary/aromatic N) is 3. The number of benzene rings is 2. The van der Waals surface area contributed by atoms with Gasteiger partial charge in [0, 0.05) is 37.8 Å². The summed E-state index contributed by atoms with van der Waals surface area (Å²) in [6.45, 7) is 6.16. The lowest BCUT2D eigenvalue weighted by atomic mass is 10.0. The van der Waals surface area contributed by atoms with Crippen molar-refractivity contribution in [3.63, 3.8) is 0 Å². The van der Waals surface area contributed by atoms with Gasteiger partial charge in [-0.25, -0.2) is 9.59 Å². The van der Waals surface area contributed by atoms with Gasteiger partial charge >= 0.3 is 11.8 Å². The largest absolute Gasteiger partial charge is 0.444 e. The van der Waals surface area contributed by atoms with E-state index in [1.807, 2.05) is 36.4 Å². The number of hydrogen-bond donors (Lipinski definition) is 2. The van der Waals surface area contributed by atoms with Crippen LogP contribution in [-0.2, 0) is 27.7 Å². The van der Waals surface area contributed by atoms with Crippen molar-refractivity contribution >= 4 is 34.0 Å². The van der Waals surface area contributed by atoms with Crippen molar-refractivity contribution < 1.29 is 23.5 Å². The third kappa shape index (κ3) is 6.28. The second-order valence-corrected chi connectivity index (χ2v) is 11.2. The minimum Gasteiger partial charge on any atom is -0.444 e. The van der Waals surface area contributed by atoms with E-state index < -0.39 is 35.5 Å². The Hall–Kier alpha value is -4.56. The lowest BCUT2D eigenvalue weighted by molar-refractivity contribution is -0.133. The Labute approximate surface area is 236 Å². The minimum absolute atomic E-state index is 0.0484. The molecule has 1 aliphatic heterocycles. The zero-order valence-corrected chi connectivity index (χ0v) is 23.5. The van der Waals surface area contributed by atoms with Crippen LogP contribution in [0.25, 0.3) is 33.1 Å². The van der Waals surface area contributed by atoms with Gasteiger partial charge in [-0.05, 0) is 68.0 Å². The van der Waals surface area contributed by atoms with Crippen molar-refractivity contribution in [2.24, 2.45) is 7.05 Å². The van der Waals surface area contributed by atoms with Gasteiger partial charge < -0.3 is 29.1 Å². The van der Waals surface area contributed by atoms with Crippen molar-refractivity contribution in [3.05, 3.63) is 58.7 Å². The van der Waals surface area contributed by atoms with Crippen LogP contribution >= 0.6 is 0 Å². The van der Waals surface area contributed by atoms with Crippen LogP contribution in [0.15, 0.2) is 51.7 Å². The van der Waals surface area contributed by atoms with Crippen LogP contribution in [0.2, 0.25) is 0 Å². The number of ether oxygens (including phenoxy) is 2. The number of aromatic amines is 1. The van der Waals surface area contributed by atoms with Crippen LogP contribution in [0.3, 0.4) is 0 Å². The van der Waals surface area contributed by atoms with Gasteiger partial charge in [-0.15, -0.1) is 0 Å².